The lowest BCUT2D eigenvalue weighted by atomic mass is 10.0. The second-order valence-electron chi connectivity index (χ2n) is 4.35. The second kappa shape index (κ2) is 7.88. The molecule has 0 bridgehead atoms. The van der Waals surface area contributed by atoms with Crippen molar-refractivity contribution in [1.82, 2.24) is 0 Å². The maximum atomic E-state index is 11.0. The fourth-order valence-corrected chi connectivity index (χ4v) is 1.80. The fraction of sp³-hybridized carbons (Fsp3) is 0.533. The molecule has 0 spiro atoms. The fourth-order valence-electron chi connectivity index (χ4n) is 1.80. The van der Waals surface area contributed by atoms with Crippen molar-refractivity contribution in [2.75, 3.05) is 7.11 Å². The Morgan fingerprint density at radius 2 is 1.65 bits per heavy atom. The minimum atomic E-state index is -0.142. The number of hydrogen-bond donors (Lipinski definition) is 0. The molecular formula is C15H22O2. The Balaban J connectivity index is 2.36. The summed E-state index contributed by atoms with van der Waals surface area (Å²) < 4.78 is 4.62. The summed E-state index contributed by atoms with van der Waals surface area (Å²) in [6.07, 6.45) is 6.21. The summed E-state index contributed by atoms with van der Waals surface area (Å²) in [4.78, 5) is 11.0. The van der Waals surface area contributed by atoms with Gasteiger partial charge in [0, 0.05) is 6.42 Å². The largest absolute Gasteiger partial charge is 0.469 e. The van der Waals surface area contributed by atoms with Crippen LogP contribution in [-0.4, -0.2) is 13.1 Å². The van der Waals surface area contributed by atoms with E-state index in [4.69, 9.17) is 0 Å². The van der Waals surface area contributed by atoms with Crippen molar-refractivity contribution in [3.63, 3.8) is 0 Å². The zero-order valence-electron chi connectivity index (χ0n) is 10.9. The Labute approximate surface area is 104 Å². The van der Waals surface area contributed by atoms with Gasteiger partial charge in [-0.3, -0.25) is 4.79 Å². The molecule has 0 saturated heterocycles. The van der Waals surface area contributed by atoms with E-state index in [0.29, 0.717) is 6.42 Å². The minimum absolute atomic E-state index is 0.142. The van der Waals surface area contributed by atoms with Gasteiger partial charge in [0.2, 0.25) is 0 Å². The lowest BCUT2D eigenvalue weighted by Crippen LogP contribution is -2.01. The molecule has 2 heteroatoms. The first kappa shape index (κ1) is 13.8. The molecule has 0 aliphatic rings. The first-order valence-electron chi connectivity index (χ1n) is 6.41. The number of unbranched alkanes of at least 4 members (excludes halogenated alkanes) is 2. The Kier molecular flexibility index (Phi) is 6.38. The molecule has 0 fully saturated rings. The lowest BCUT2D eigenvalue weighted by Gasteiger charge is -2.03. The summed E-state index contributed by atoms with van der Waals surface area (Å²) >= 11 is 0. The zero-order chi connectivity index (χ0) is 12.5. The Morgan fingerprint density at radius 3 is 2.18 bits per heavy atom. The number of ether oxygens (including phenoxy) is 1. The molecule has 0 atom stereocenters. The standard InChI is InChI=1S/C15H22O2/c1-3-4-5-6-13-7-9-14(10-8-13)11-12-15(16)17-2/h7-10H,3-6,11-12H2,1-2H3. The number of esters is 1. The van der Waals surface area contributed by atoms with Gasteiger partial charge >= 0.3 is 5.97 Å². The quantitative estimate of drug-likeness (QED) is 0.533. The highest BCUT2D eigenvalue weighted by Gasteiger charge is 2.01. The van der Waals surface area contributed by atoms with Crippen LogP contribution in [0, 0.1) is 0 Å². The van der Waals surface area contributed by atoms with E-state index in [1.807, 2.05) is 0 Å². The number of rotatable bonds is 7. The average molecular weight is 234 g/mol. The molecule has 0 amide bonds. The highest BCUT2D eigenvalue weighted by atomic mass is 16.5. The van der Waals surface area contributed by atoms with Crippen molar-refractivity contribution < 1.29 is 9.53 Å². The summed E-state index contributed by atoms with van der Waals surface area (Å²) in [7, 11) is 1.43. The van der Waals surface area contributed by atoms with Gasteiger partial charge in [0.25, 0.3) is 0 Å². The normalized spacial score (nSPS) is 10.2. The third kappa shape index (κ3) is 5.53. The molecule has 2 nitrogen and oxygen atoms in total. The van der Waals surface area contributed by atoms with Crippen molar-refractivity contribution in [1.29, 1.82) is 0 Å². The summed E-state index contributed by atoms with van der Waals surface area (Å²) in [5, 5.41) is 0. The number of benzene rings is 1. The number of carbonyl (C=O) groups is 1. The SMILES string of the molecule is CCCCCc1ccc(CCC(=O)OC)cc1. The number of hydrogen-bond acceptors (Lipinski definition) is 2. The molecule has 17 heavy (non-hydrogen) atoms. The van der Waals surface area contributed by atoms with E-state index < -0.39 is 0 Å². The summed E-state index contributed by atoms with van der Waals surface area (Å²) in [6, 6.07) is 8.57. The predicted molar refractivity (Wildman–Crippen MR) is 70.0 cm³/mol. The lowest BCUT2D eigenvalue weighted by molar-refractivity contribution is -0.140. The van der Waals surface area contributed by atoms with Crippen molar-refractivity contribution in [3.8, 4) is 0 Å². The van der Waals surface area contributed by atoms with Crippen LogP contribution in [0.15, 0.2) is 24.3 Å². The summed E-state index contributed by atoms with van der Waals surface area (Å²) in [6.45, 7) is 2.22. The molecule has 0 heterocycles. The van der Waals surface area contributed by atoms with Crippen LogP contribution in [0.2, 0.25) is 0 Å². The molecule has 0 aliphatic carbocycles. The van der Waals surface area contributed by atoms with Gasteiger partial charge in [-0.25, -0.2) is 0 Å². The second-order valence-corrected chi connectivity index (χ2v) is 4.35. The Morgan fingerprint density at radius 1 is 1.06 bits per heavy atom. The molecule has 0 saturated carbocycles. The number of methoxy groups -OCH3 is 1. The van der Waals surface area contributed by atoms with Crippen molar-refractivity contribution in [2.24, 2.45) is 0 Å². The van der Waals surface area contributed by atoms with Crippen LogP contribution in [0.4, 0.5) is 0 Å². The van der Waals surface area contributed by atoms with E-state index in [2.05, 4.69) is 35.9 Å². The van der Waals surface area contributed by atoms with E-state index in [-0.39, 0.29) is 5.97 Å². The van der Waals surface area contributed by atoms with Gasteiger partial charge in [-0.2, -0.15) is 0 Å². The van der Waals surface area contributed by atoms with Gasteiger partial charge in [-0.05, 0) is 30.4 Å². The maximum absolute atomic E-state index is 11.0. The topological polar surface area (TPSA) is 26.3 Å². The number of aryl methyl sites for hydroxylation is 2. The molecule has 0 radical (unpaired) electrons. The van der Waals surface area contributed by atoms with E-state index in [0.717, 1.165) is 12.8 Å². The van der Waals surface area contributed by atoms with Crippen LogP contribution in [-0.2, 0) is 22.4 Å². The molecule has 94 valence electrons. The third-order valence-electron chi connectivity index (χ3n) is 2.94. The van der Waals surface area contributed by atoms with Gasteiger partial charge in [-0.15, -0.1) is 0 Å². The van der Waals surface area contributed by atoms with Crippen LogP contribution in [0.5, 0.6) is 0 Å². The van der Waals surface area contributed by atoms with Gasteiger partial charge in [0.15, 0.2) is 0 Å². The van der Waals surface area contributed by atoms with Crippen LogP contribution in [0.1, 0.15) is 43.7 Å². The summed E-state index contributed by atoms with van der Waals surface area (Å²) in [5.74, 6) is -0.142. The Hall–Kier alpha value is -1.31. The molecular weight excluding hydrogens is 212 g/mol. The zero-order valence-corrected chi connectivity index (χ0v) is 10.9. The van der Waals surface area contributed by atoms with Crippen molar-refractivity contribution in [3.05, 3.63) is 35.4 Å². The van der Waals surface area contributed by atoms with E-state index in [1.165, 1.54) is 37.5 Å². The minimum Gasteiger partial charge on any atom is -0.469 e. The van der Waals surface area contributed by atoms with E-state index >= 15 is 0 Å². The van der Waals surface area contributed by atoms with E-state index in [1.54, 1.807) is 0 Å². The average Bonchev–Trinajstić information content (AvgIpc) is 2.37. The van der Waals surface area contributed by atoms with Crippen LogP contribution < -0.4 is 0 Å². The van der Waals surface area contributed by atoms with E-state index in [9.17, 15) is 4.79 Å². The molecule has 0 aliphatic heterocycles. The van der Waals surface area contributed by atoms with Crippen LogP contribution >= 0.6 is 0 Å². The third-order valence-corrected chi connectivity index (χ3v) is 2.94. The number of carbonyl (C=O) groups excluding carboxylic acids is 1. The van der Waals surface area contributed by atoms with Gasteiger partial charge in [0.05, 0.1) is 7.11 Å². The Bertz CT molecular complexity index is 327. The smallest absolute Gasteiger partial charge is 0.305 e. The van der Waals surface area contributed by atoms with Gasteiger partial charge in [-0.1, -0.05) is 44.0 Å². The summed E-state index contributed by atoms with van der Waals surface area (Å²) in [5.41, 5.74) is 2.59. The molecule has 1 aromatic rings. The predicted octanol–water partition coefficient (Wildman–Crippen LogP) is 3.52. The van der Waals surface area contributed by atoms with Crippen LogP contribution in [0.3, 0.4) is 0 Å². The highest BCUT2D eigenvalue weighted by Crippen LogP contribution is 2.10. The molecule has 0 N–H and O–H groups in total. The first-order chi connectivity index (χ1) is 8.26. The molecule has 0 aromatic heterocycles. The van der Waals surface area contributed by atoms with Crippen molar-refractivity contribution in [2.45, 2.75) is 45.4 Å². The molecule has 1 aromatic carbocycles. The highest BCUT2D eigenvalue weighted by molar-refractivity contribution is 5.69. The first-order valence-corrected chi connectivity index (χ1v) is 6.41. The molecule has 0 unspecified atom stereocenters. The van der Waals surface area contributed by atoms with Crippen LogP contribution in [0.25, 0.3) is 0 Å². The van der Waals surface area contributed by atoms with Gasteiger partial charge < -0.3 is 4.74 Å². The van der Waals surface area contributed by atoms with Gasteiger partial charge in [0.1, 0.15) is 0 Å². The monoisotopic (exact) mass is 234 g/mol. The maximum Gasteiger partial charge on any atom is 0.305 e. The molecule has 1 rings (SSSR count). The van der Waals surface area contributed by atoms with Crippen molar-refractivity contribution >= 4 is 5.97 Å².